The lowest BCUT2D eigenvalue weighted by Gasteiger charge is -2.32. The zero-order chi connectivity index (χ0) is 17.6. The Bertz CT molecular complexity index is 701. The Morgan fingerprint density at radius 1 is 1.32 bits per heavy atom. The number of guanidine groups is 1. The van der Waals surface area contributed by atoms with Gasteiger partial charge in [-0.2, -0.15) is 5.10 Å². The SMILES string of the molecule is CN=C(NCc1nc(-c2ccc(OC)cc2)n[nH]1)N1CCC(C)CC1. The van der Waals surface area contributed by atoms with E-state index in [-0.39, 0.29) is 0 Å². The molecule has 1 aromatic heterocycles. The Kier molecular flexibility index (Phi) is 5.53. The summed E-state index contributed by atoms with van der Waals surface area (Å²) in [6, 6.07) is 7.71. The summed E-state index contributed by atoms with van der Waals surface area (Å²) in [5.41, 5.74) is 0.956. The summed E-state index contributed by atoms with van der Waals surface area (Å²) < 4.78 is 5.18. The van der Waals surface area contributed by atoms with Gasteiger partial charge in [-0.15, -0.1) is 0 Å². The van der Waals surface area contributed by atoms with Crippen LogP contribution in [0.2, 0.25) is 0 Å². The van der Waals surface area contributed by atoms with Crippen molar-refractivity contribution in [2.75, 3.05) is 27.2 Å². The molecule has 0 aliphatic carbocycles. The number of hydrogen-bond acceptors (Lipinski definition) is 4. The molecular formula is C18H26N6O. The Hall–Kier alpha value is -2.57. The highest BCUT2D eigenvalue weighted by atomic mass is 16.5. The fraction of sp³-hybridized carbons (Fsp3) is 0.500. The van der Waals surface area contributed by atoms with Crippen LogP contribution in [0.3, 0.4) is 0 Å². The Morgan fingerprint density at radius 3 is 2.68 bits per heavy atom. The maximum Gasteiger partial charge on any atom is 0.194 e. The average Bonchev–Trinajstić information content (AvgIpc) is 3.12. The number of likely N-dealkylation sites (tertiary alicyclic amines) is 1. The Labute approximate surface area is 148 Å². The van der Waals surface area contributed by atoms with Crippen LogP contribution in [0.25, 0.3) is 11.4 Å². The highest BCUT2D eigenvalue weighted by Crippen LogP contribution is 2.19. The standard InChI is InChI=1S/C18H26N6O/c1-13-8-10-24(11-9-13)18(19-2)20-12-16-21-17(23-22-16)14-4-6-15(25-3)7-5-14/h4-7,13H,8-12H2,1-3H3,(H,19,20)(H,21,22,23). The van der Waals surface area contributed by atoms with Crippen molar-refractivity contribution in [1.82, 2.24) is 25.4 Å². The lowest BCUT2D eigenvalue weighted by Crippen LogP contribution is -2.45. The smallest absolute Gasteiger partial charge is 0.194 e. The molecule has 7 nitrogen and oxygen atoms in total. The number of benzene rings is 1. The van der Waals surface area contributed by atoms with Gasteiger partial charge >= 0.3 is 0 Å². The van der Waals surface area contributed by atoms with Gasteiger partial charge in [0, 0.05) is 25.7 Å². The van der Waals surface area contributed by atoms with Crippen LogP contribution in [-0.4, -0.2) is 53.3 Å². The van der Waals surface area contributed by atoms with Gasteiger partial charge in [-0.05, 0) is 43.0 Å². The number of rotatable bonds is 4. The second kappa shape index (κ2) is 8.00. The molecule has 0 saturated carbocycles. The van der Waals surface area contributed by atoms with E-state index in [0.717, 1.165) is 42.1 Å². The van der Waals surface area contributed by atoms with Gasteiger partial charge in [0.25, 0.3) is 0 Å². The lowest BCUT2D eigenvalue weighted by atomic mass is 10.00. The van der Waals surface area contributed by atoms with Crippen LogP contribution in [0, 0.1) is 5.92 Å². The van der Waals surface area contributed by atoms with Gasteiger partial charge in [0.2, 0.25) is 0 Å². The molecule has 0 spiro atoms. The van der Waals surface area contributed by atoms with Crippen LogP contribution in [0.15, 0.2) is 29.3 Å². The number of aromatic nitrogens is 3. The van der Waals surface area contributed by atoms with Gasteiger partial charge in [-0.3, -0.25) is 10.1 Å². The van der Waals surface area contributed by atoms with Gasteiger partial charge in [0.15, 0.2) is 11.8 Å². The predicted molar refractivity (Wildman–Crippen MR) is 98.5 cm³/mol. The molecule has 1 aliphatic heterocycles. The molecule has 1 aliphatic rings. The molecule has 0 amide bonds. The van der Waals surface area contributed by atoms with Crippen molar-refractivity contribution in [3.63, 3.8) is 0 Å². The summed E-state index contributed by atoms with van der Waals surface area (Å²) in [6.45, 7) is 4.98. The second-order valence-corrected chi connectivity index (χ2v) is 6.40. The monoisotopic (exact) mass is 342 g/mol. The number of methoxy groups -OCH3 is 1. The first-order chi connectivity index (χ1) is 12.2. The van der Waals surface area contributed by atoms with Crippen molar-refractivity contribution in [1.29, 1.82) is 0 Å². The van der Waals surface area contributed by atoms with E-state index in [9.17, 15) is 0 Å². The van der Waals surface area contributed by atoms with E-state index >= 15 is 0 Å². The molecule has 0 unspecified atom stereocenters. The summed E-state index contributed by atoms with van der Waals surface area (Å²) in [5.74, 6) is 4.02. The third-order valence-electron chi connectivity index (χ3n) is 4.59. The molecule has 0 atom stereocenters. The highest BCUT2D eigenvalue weighted by molar-refractivity contribution is 5.79. The molecule has 2 aromatic rings. The summed E-state index contributed by atoms with van der Waals surface area (Å²) in [4.78, 5) is 11.3. The minimum atomic E-state index is 0.571. The molecular weight excluding hydrogens is 316 g/mol. The van der Waals surface area contributed by atoms with Crippen LogP contribution in [0.1, 0.15) is 25.6 Å². The summed E-state index contributed by atoms with van der Waals surface area (Å²) >= 11 is 0. The average molecular weight is 342 g/mol. The van der Waals surface area contributed by atoms with Crippen LogP contribution >= 0.6 is 0 Å². The first-order valence-corrected chi connectivity index (χ1v) is 8.71. The number of H-pyrrole nitrogens is 1. The van der Waals surface area contributed by atoms with Crippen molar-refractivity contribution in [2.45, 2.75) is 26.3 Å². The number of hydrogen-bond donors (Lipinski definition) is 2. The molecule has 2 heterocycles. The summed E-state index contributed by atoms with van der Waals surface area (Å²) in [7, 11) is 3.48. The molecule has 134 valence electrons. The van der Waals surface area contributed by atoms with Crippen LogP contribution < -0.4 is 10.1 Å². The van der Waals surface area contributed by atoms with Crippen molar-refractivity contribution >= 4 is 5.96 Å². The van der Waals surface area contributed by atoms with Gasteiger partial charge in [0.05, 0.1) is 13.7 Å². The maximum absolute atomic E-state index is 5.18. The van der Waals surface area contributed by atoms with Crippen LogP contribution in [0.5, 0.6) is 5.75 Å². The number of aliphatic imine (C=N–C) groups is 1. The first kappa shape index (κ1) is 17.3. The number of nitrogens with one attached hydrogen (secondary N) is 2. The maximum atomic E-state index is 5.18. The van der Waals surface area contributed by atoms with E-state index in [1.807, 2.05) is 31.3 Å². The molecule has 0 bridgehead atoms. The van der Waals surface area contributed by atoms with Crippen molar-refractivity contribution in [3.05, 3.63) is 30.1 Å². The Balaban J connectivity index is 1.59. The number of ether oxygens (including phenoxy) is 1. The molecule has 0 radical (unpaired) electrons. The Morgan fingerprint density at radius 2 is 2.04 bits per heavy atom. The third-order valence-corrected chi connectivity index (χ3v) is 4.59. The van der Waals surface area contributed by atoms with Crippen molar-refractivity contribution in [3.8, 4) is 17.1 Å². The fourth-order valence-electron chi connectivity index (χ4n) is 2.96. The molecule has 2 N–H and O–H groups in total. The van der Waals surface area contributed by atoms with E-state index in [2.05, 4.69) is 37.3 Å². The molecule has 7 heteroatoms. The summed E-state index contributed by atoms with van der Waals surface area (Å²) in [5, 5.41) is 10.7. The number of aromatic amines is 1. The van der Waals surface area contributed by atoms with E-state index in [1.54, 1.807) is 7.11 Å². The van der Waals surface area contributed by atoms with E-state index in [1.165, 1.54) is 12.8 Å². The third kappa shape index (κ3) is 4.29. The second-order valence-electron chi connectivity index (χ2n) is 6.40. The van der Waals surface area contributed by atoms with Crippen molar-refractivity contribution < 1.29 is 4.74 Å². The van der Waals surface area contributed by atoms with Crippen LogP contribution in [-0.2, 0) is 6.54 Å². The number of piperidine rings is 1. The molecule has 1 aromatic carbocycles. The zero-order valence-corrected chi connectivity index (χ0v) is 15.1. The van der Waals surface area contributed by atoms with Gasteiger partial charge in [-0.25, -0.2) is 4.98 Å². The summed E-state index contributed by atoms with van der Waals surface area (Å²) in [6.07, 6.45) is 2.43. The van der Waals surface area contributed by atoms with Crippen molar-refractivity contribution in [2.24, 2.45) is 10.9 Å². The molecule has 1 saturated heterocycles. The lowest BCUT2D eigenvalue weighted by molar-refractivity contribution is 0.273. The normalized spacial score (nSPS) is 16.1. The van der Waals surface area contributed by atoms with Gasteiger partial charge in [0.1, 0.15) is 11.6 Å². The fourth-order valence-corrected chi connectivity index (χ4v) is 2.96. The quantitative estimate of drug-likeness (QED) is 0.658. The van der Waals surface area contributed by atoms with Crippen LogP contribution in [0.4, 0.5) is 0 Å². The first-order valence-electron chi connectivity index (χ1n) is 8.71. The van der Waals surface area contributed by atoms with E-state index < -0.39 is 0 Å². The molecule has 25 heavy (non-hydrogen) atoms. The van der Waals surface area contributed by atoms with Gasteiger partial charge in [-0.1, -0.05) is 6.92 Å². The number of nitrogens with zero attached hydrogens (tertiary/aromatic N) is 4. The zero-order valence-electron chi connectivity index (χ0n) is 15.1. The largest absolute Gasteiger partial charge is 0.497 e. The van der Waals surface area contributed by atoms with Gasteiger partial charge < -0.3 is 15.0 Å². The highest BCUT2D eigenvalue weighted by Gasteiger charge is 2.18. The molecule has 1 fully saturated rings. The topological polar surface area (TPSA) is 78.4 Å². The predicted octanol–water partition coefficient (Wildman–Crippen LogP) is 2.29. The van der Waals surface area contributed by atoms with E-state index in [4.69, 9.17) is 4.74 Å². The minimum Gasteiger partial charge on any atom is -0.497 e. The molecule has 3 rings (SSSR count). The minimum absolute atomic E-state index is 0.571. The van der Waals surface area contributed by atoms with E-state index in [0.29, 0.717) is 12.4 Å².